The molecule has 1 N–H and O–H groups in total. The number of nitriles is 1. The van der Waals surface area contributed by atoms with Gasteiger partial charge in [-0.05, 0) is 68.7 Å². The van der Waals surface area contributed by atoms with Crippen molar-refractivity contribution in [2.24, 2.45) is 4.99 Å². The van der Waals surface area contributed by atoms with Gasteiger partial charge < -0.3 is 10.2 Å². The fourth-order valence-corrected chi connectivity index (χ4v) is 4.31. The van der Waals surface area contributed by atoms with Crippen LogP contribution in [0.3, 0.4) is 0 Å². The van der Waals surface area contributed by atoms with Crippen molar-refractivity contribution in [2.45, 2.75) is 38.4 Å². The van der Waals surface area contributed by atoms with E-state index < -0.39 is 23.5 Å². The van der Waals surface area contributed by atoms with Gasteiger partial charge in [0.05, 0.1) is 28.6 Å². The fourth-order valence-electron chi connectivity index (χ4n) is 4.31. The Bertz CT molecular complexity index is 1510. The minimum absolute atomic E-state index is 0.0438. The molecule has 1 amide bonds. The monoisotopic (exact) mass is 522 g/mol. The van der Waals surface area contributed by atoms with Crippen molar-refractivity contribution in [3.05, 3.63) is 94.3 Å². The standard InChI is InChI=1S/C27H25F3N6O2/c1-4-34(21-13-11-18(16-31)12-14-21)24(32-3)23-17(2)35(22-10-5-7-19(15-22)27(28,29)30)26(38)36(23)25(37)33-20-8-6-9-20/h4-5,7,10-15,20H,1,6,8-9H2,2-3H3,(H,33,37). The molecular formula is C27H25F3N6O2. The highest BCUT2D eigenvalue weighted by molar-refractivity contribution is 6.12. The largest absolute Gasteiger partial charge is 0.416 e. The third-order valence-corrected chi connectivity index (χ3v) is 6.46. The Labute approximate surface area is 216 Å². The predicted octanol–water partition coefficient (Wildman–Crippen LogP) is 4.97. The van der Waals surface area contributed by atoms with Gasteiger partial charge in [0.25, 0.3) is 0 Å². The summed E-state index contributed by atoms with van der Waals surface area (Å²) in [7, 11) is 1.47. The quantitative estimate of drug-likeness (QED) is 0.378. The van der Waals surface area contributed by atoms with Gasteiger partial charge in [0, 0.05) is 25.0 Å². The number of anilines is 1. The lowest BCUT2D eigenvalue weighted by Crippen LogP contribution is -2.46. The second kappa shape index (κ2) is 10.4. The highest BCUT2D eigenvalue weighted by atomic mass is 19.4. The third-order valence-electron chi connectivity index (χ3n) is 6.46. The van der Waals surface area contributed by atoms with Crippen molar-refractivity contribution in [3.8, 4) is 11.8 Å². The van der Waals surface area contributed by atoms with Crippen molar-refractivity contribution in [2.75, 3.05) is 11.9 Å². The molecule has 0 spiro atoms. The number of rotatable bonds is 5. The number of aliphatic imine (C=N–C) groups is 1. The van der Waals surface area contributed by atoms with Crippen LogP contribution in [0.15, 0.2) is 71.1 Å². The molecule has 0 bridgehead atoms. The van der Waals surface area contributed by atoms with Gasteiger partial charge in [-0.2, -0.15) is 18.4 Å². The zero-order chi connectivity index (χ0) is 27.6. The first-order valence-electron chi connectivity index (χ1n) is 11.8. The highest BCUT2D eigenvalue weighted by Crippen LogP contribution is 2.31. The lowest BCUT2D eigenvalue weighted by molar-refractivity contribution is -0.137. The number of nitrogens with zero attached hydrogens (tertiary/aromatic N) is 5. The molecule has 38 heavy (non-hydrogen) atoms. The van der Waals surface area contributed by atoms with Crippen LogP contribution in [-0.2, 0) is 6.18 Å². The molecule has 0 saturated heterocycles. The number of carbonyl (C=O) groups is 1. The summed E-state index contributed by atoms with van der Waals surface area (Å²) in [4.78, 5) is 33.0. The van der Waals surface area contributed by atoms with Crippen LogP contribution < -0.4 is 15.9 Å². The van der Waals surface area contributed by atoms with E-state index >= 15 is 0 Å². The summed E-state index contributed by atoms with van der Waals surface area (Å²) in [5.41, 5.74) is -0.531. The molecule has 1 fully saturated rings. The first-order valence-corrected chi connectivity index (χ1v) is 11.8. The van der Waals surface area contributed by atoms with Crippen LogP contribution in [0.5, 0.6) is 0 Å². The summed E-state index contributed by atoms with van der Waals surface area (Å²) < 4.78 is 42.3. The number of amidine groups is 1. The van der Waals surface area contributed by atoms with E-state index in [0.29, 0.717) is 11.3 Å². The summed E-state index contributed by atoms with van der Waals surface area (Å²) >= 11 is 0. The molecule has 0 aliphatic heterocycles. The maximum atomic E-state index is 13.7. The number of nitrogens with one attached hydrogen (secondary N) is 1. The molecule has 1 aliphatic carbocycles. The number of benzene rings is 2. The molecule has 1 saturated carbocycles. The van der Waals surface area contributed by atoms with Gasteiger partial charge in [-0.15, -0.1) is 0 Å². The Morgan fingerprint density at radius 2 is 1.92 bits per heavy atom. The Balaban J connectivity index is 1.93. The molecule has 3 aromatic rings. The van der Waals surface area contributed by atoms with E-state index in [9.17, 15) is 22.8 Å². The Morgan fingerprint density at radius 3 is 2.45 bits per heavy atom. The predicted molar refractivity (Wildman–Crippen MR) is 138 cm³/mol. The van der Waals surface area contributed by atoms with E-state index in [1.54, 1.807) is 24.3 Å². The van der Waals surface area contributed by atoms with Crippen LogP contribution in [0.25, 0.3) is 5.69 Å². The molecular weight excluding hydrogens is 497 g/mol. The normalized spacial score (nSPS) is 13.9. The van der Waals surface area contributed by atoms with Crippen LogP contribution in [0.2, 0.25) is 0 Å². The first-order chi connectivity index (χ1) is 18.1. The van der Waals surface area contributed by atoms with Crippen LogP contribution in [0.1, 0.15) is 41.8 Å². The number of hydrogen-bond donors (Lipinski definition) is 1. The van der Waals surface area contributed by atoms with E-state index in [1.165, 1.54) is 37.2 Å². The maximum Gasteiger partial charge on any atom is 0.416 e. The maximum absolute atomic E-state index is 13.7. The second-order valence-electron chi connectivity index (χ2n) is 8.77. The smallest absolute Gasteiger partial charge is 0.335 e. The molecule has 4 rings (SSSR count). The van der Waals surface area contributed by atoms with Crippen molar-refractivity contribution in [1.29, 1.82) is 5.26 Å². The average molecular weight is 523 g/mol. The van der Waals surface area contributed by atoms with E-state index in [1.807, 2.05) is 6.07 Å². The van der Waals surface area contributed by atoms with Gasteiger partial charge in [-0.3, -0.25) is 9.56 Å². The van der Waals surface area contributed by atoms with Crippen molar-refractivity contribution >= 4 is 17.6 Å². The van der Waals surface area contributed by atoms with E-state index in [4.69, 9.17) is 5.26 Å². The van der Waals surface area contributed by atoms with Gasteiger partial charge in [0.1, 0.15) is 5.69 Å². The third kappa shape index (κ3) is 4.85. The number of imidazole rings is 1. The molecule has 1 aromatic heterocycles. The Hall–Kier alpha value is -4.59. The van der Waals surface area contributed by atoms with Crippen LogP contribution in [0, 0.1) is 18.3 Å². The number of carbonyl (C=O) groups excluding carboxylic acids is 1. The van der Waals surface area contributed by atoms with Crippen LogP contribution >= 0.6 is 0 Å². The van der Waals surface area contributed by atoms with Gasteiger partial charge in [0.15, 0.2) is 5.84 Å². The number of aromatic nitrogens is 2. The summed E-state index contributed by atoms with van der Waals surface area (Å²) in [5.74, 6) is 0.161. The fraction of sp³-hybridized carbons (Fsp3) is 0.259. The summed E-state index contributed by atoms with van der Waals surface area (Å²) in [5, 5.41) is 12.0. The second-order valence-corrected chi connectivity index (χ2v) is 8.77. The summed E-state index contributed by atoms with van der Waals surface area (Å²) in [6, 6.07) is 12.1. The summed E-state index contributed by atoms with van der Waals surface area (Å²) in [6.07, 6.45) is -0.708. The molecule has 1 aliphatic rings. The van der Waals surface area contributed by atoms with Crippen molar-refractivity contribution in [1.82, 2.24) is 14.5 Å². The minimum Gasteiger partial charge on any atom is -0.335 e. The molecule has 0 atom stereocenters. The Kier molecular flexibility index (Phi) is 7.26. The van der Waals surface area contributed by atoms with Crippen molar-refractivity contribution < 1.29 is 18.0 Å². The van der Waals surface area contributed by atoms with Crippen LogP contribution in [-0.4, -0.2) is 34.1 Å². The Morgan fingerprint density at radius 1 is 1.24 bits per heavy atom. The topological polar surface area (TPSA) is 95.4 Å². The molecule has 196 valence electrons. The van der Waals surface area contributed by atoms with Gasteiger partial charge >= 0.3 is 17.9 Å². The summed E-state index contributed by atoms with van der Waals surface area (Å²) in [6.45, 7) is 5.37. The van der Waals surface area contributed by atoms with Gasteiger partial charge in [0.2, 0.25) is 0 Å². The van der Waals surface area contributed by atoms with Gasteiger partial charge in [-0.1, -0.05) is 12.6 Å². The van der Waals surface area contributed by atoms with Crippen LogP contribution in [0.4, 0.5) is 23.7 Å². The molecule has 8 nitrogen and oxygen atoms in total. The zero-order valence-electron chi connectivity index (χ0n) is 20.8. The molecule has 0 radical (unpaired) electrons. The molecule has 0 unspecified atom stereocenters. The zero-order valence-corrected chi connectivity index (χ0v) is 20.8. The first kappa shape index (κ1) is 26.5. The average Bonchev–Trinajstić information content (AvgIpc) is 3.13. The minimum atomic E-state index is -4.62. The van der Waals surface area contributed by atoms with E-state index in [0.717, 1.165) is 40.5 Å². The highest BCUT2D eigenvalue weighted by Gasteiger charge is 2.33. The lowest BCUT2D eigenvalue weighted by atomic mass is 9.93. The molecule has 2 aromatic carbocycles. The van der Waals surface area contributed by atoms with E-state index in [-0.39, 0.29) is 29.0 Å². The lowest BCUT2D eigenvalue weighted by Gasteiger charge is -2.27. The number of amides is 1. The molecule has 1 heterocycles. The van der Waals surface area contributed by atoms with Gasteiger partial charge in [-0.25, -0.2) is 14.2 Å². The molecule has 11 heteroatoms. The SMILES string of the molecule is C=CN(C(=NC)c1c(C)n(-c2cccc(C(F)(F)F)c2)c(=O)n1C(=O)NC1CCC1)c1ccc(C#N)cc1. The van der Waals surface area contributed by atoms with E-state index in [2.05, 4.69) is 16.9 Å². The number of hydrogen-bond acceptors (Lipinski definition) is 4. The number of halogens is 3. The number of alkyl halides is 3. The van der Waals surface area contributed by atoms with Crippen molar-refractivity contribution in [3.63, 3.8) is 0 Å².